The molecule has 1 atom stereocenters. The zero-order chi connectivity index (χ0) is 22.3. The third kappa shape index (κ3) is 6.57. The van der Waals surface area contributed by atoms with Crippen LogP contribution in [0.4, 0.5) is 0 Å². The fourth-order valence-corrected chi connectivity index (χ4v) is 4.83. The molecule has 4 heteroatoms. The van der Waals surface area contributed by atoms with Crippen LogP contribution in [0.2, 0.25) is 0 Å². The van der Waals surface area contributed by atoms with E-state index >= 15 is 0 Å². The first-order valence-corrected chi connectivity index (χ1v) is 11.8. The van der Waals surface area contributed by atoms with E-state index in [1.807, 2.05) is 12.1 Å². The second kappa shape index (κ2) is 10.8. The lowest BCUT2D eigenvalue weighted by molar-refractivity contribution is -0.119. The number of hydrogen-bond donors (Lipinski definition) is 3. The molecule has 1 aliphatic rings. The van der Waals surface area contributed by atoms with E-state index in [4.69, 9.17) is 0 Å². The molecule has 2 aromatic rings. The second-order valence-corrected chi connectivity index (χ2v) is 9.41. The summed E-state index contributed by atoms with van der Waals surface area (Å²) in [6.07, 6.45) is 7.77. The number of benzene rings is 2. The molecule has 1 fully saturated rings. The van der Waals surface area contributed by atoms with Crippen LogP contribution >= 0.6 is 0 Å². The van der Waals surface area contributed by atoms with Gasteiger partial charge in [0.25, 0.3) is 0 Å². The molecule has 1 saturated carbocycles. The number of hydrogen-bond acceptors (Lipinski definition) is 3. The quantitative estimate of drug-likeness (QED) is 0.507. The smallest absolute Gasteiger partial charge is 0.217 e. The molecule has 4 nitrogen and oxygen atoms in total. The van der Waals surface area contributed by atoms with Gasteiger partial charge in [-0.25, -0.2) is 0 Å². The summed E-state index contributed by atoms with van der Waals surface area (Å²) >= 11 is 0. The van der Waals surface area contributed by atoms with Crippen molar-refractivity contribution in [3.8, 4) is 5.75 Å². The SMILES string of the molecule is CC(=O)N[C@H](CCNC1(c2cccc(C(C)C)c2)CCCCC1)Cc1ccc(O)cc1. The van der Waals surface area contributed by atoms with E-state index in [9.17, 15) is 9.90 Å². The molecule has 2 aromatic carbocycles. The number of amides is 1. The van der Waals surface area contributed by atoms with E-state index < -0.39 is 0 Å². The minimum Gasteiger partial charge on any atom is -0.508 e. The fourth-order valence-electron chi connectivity index (χ4n) is 4.83. The zero-order valence-electron chi connectivity index (χ0n) is 19.3. The van der Waals surface area contributed by atoms with Crippen LogP contribution < -0.4 is 10.6 Å². The highest BCUT2D eigenvalue weighted by atomic mass is 16.3. The maximum atomic E-state index is 11.8. The van der Waals surface area contributed by atoms with Crippen molar-refractivity contribution in [2.75, 3.05) is 6.54 Å². The van der Waals surface area contributed by atoms with Gasteiger partial charge in [0, 0.05) is 18.5 Å². The van der Waals surface area contributed by atoms with Gasteiger partial charge in [-0.2, -0.15) is 0 Å². The van der Waals surface area contributed by atoms with Crippen LogP contribution in [0.5, 0.6) is 5.75 Å². The third-order valence-corrected chi connectivity index (χ3v) is 6.60. The normalized spacial score (nSPS) is 16.8. The van der Waals surface area contributed by atoms with Crippen molar-refractivity contribution in [2.24, 2.45) is 0 Å². The molecule has 0 spiro atoms. The molecule has 0 aliphatic heterocycles. The highest BCUT2D eigenvalue weighted by Crippen LogP contribution is 2.38. The molecule has 0 unspecified atom stereocenters. The highest BCUT2D eigenvalue weighted by molar-refractivity contribution is 5.73. The van der Waals surface area contributed by atoms with Crippen LogP contribution in [0.25, 0.3) is 0 Å². The van der Waals surface area contributed by atoms with E-state index in [0.29, 0.717) is 5.92 Å². The van der Waals surface area contributed by atoms with Crippen LogP contribution in [0.15, 0.2) is 48.5 Å². The van der Waals surface area contributed by atoms with Crippen molar-refractivity contribution >= 4 is 5.91 Å². The Bertz CT molecular complexity index is 839. The van der Waals surface area contributed by atoms with Gasteiger partial charge in [0.05, 0.1) is 0 Å². The molecule has 0 saturated heterocycles. The Labute approximate surface area is 187 Å². The number of rotatable bonds is 9. The summed E-state index contributed by atoms with van der Waals surface area (Å²) in [6.45, 7) is 6.94. The number of phenols is 1. The third-order valence-electron chi connectivity index (χ3n) is 6.60. The Morgan fingerprint density at radius 3 is 2.42 bits per heavy atom. The first-order valence-electron chi connectivity index (χ1n) is 11.8. The van der Waals surface area contributed by atoms with Gasteiger partial charge in [-0.3, -0.25) is 4.79 Å². The summed E-state index contributed by atoms with van der Waals surface area (Å²) in [4.78, 5) is 11.8. The molecule has 1 aliphatic carbocycles. The van der Waals surface area contributed by atoms with Gasteiger partial charge in [-0.1, -0.05) is 69.5 Å². The largest absolute Gasteiger partial charge is 0.508 e. The standard InChI is InChI=1S/C27H38N2O2/c1-20(2)23-8-7-9-24(19-23)27(15-5-4-6-16-27)28-17-14-25(29-21(3)30)18-22-10-12-26(31)13-11-22/h7-13,19-20,25,28,31H,4-6,14-18H2,1-3H3,(H,29,30)/t25-/m1/s1. The van der Waals surface area contributed by atoms with Gasteiger partial charge in [0.15, 0.2) is 0 Å². The van der Waals surface area contributed by atoms with Crippen molar-refractivity contribution in [1.82, 2.24) is 10.6 Å². The van der Waals surface area contributed by atoms with E-state index in [1.165, 1.54) is 30.4 Å². The minimum atomic E-state index is 0.000734. The second-order valence-electron chi connectivity index (χ2n) is 9.41. The average Bonchev–Trinajstić information content (AvgIpc) is 2.75. The van der Waals surface area contributed by atoms with Gasteiger partial charge in [0.2, 0.25) is 5.91 Å². The number of carbonyl (C=O) groups excluding carboxylic acids is 1. The summed E-state index contributed by atoms with van der Waals surface area (Å²) in [7, 11) is 0. The van der Waals surface area contributed by atoms with Gasteiger partial charge in [-0.15, -0.1) is 0 Å². The summed E-state index contributed by atoms with van der Waals surface area (Å²) < 4.78 is 0. The summed E-state index contributed by atoms with van der Waals surface area (Å²) in [5.41, 5.74) is 3.96. The van der Waals surface area contributed by atoms with Crippen LogP contribution in [0.3, 0.4) is 0 Å². The van der Waals surface area contributed by atoms with Crippen LogP contribution in [0.1, 0.15) is 81.9 Å². The number of carbonyl (C=O) groups is 1. The molecule has 1 amide bonds. The maximum absolute atomic E-state index is 11.8. The van der Waals surface area contributed by atoms with E-state index in [2.05, 4.69) is 48.7 Å². The van der Waals surface area contributed by atoms with Crippen molar-refractivity contribution in [1.29, 1.82) is 0 Å². The predicted octanol–water partition coefficient (Wildman–Crippen LogP) is 5.40. The Kier molecular flexibility index (Phi) is 8.14. The number of nitrogens with one attached hydrogen (secondary N) is 2. The van der Waals surface area contributed by atoms with E-state index in [1.54, 1.807) is 19.1 Å². The predicted molar refractivity (Wildman–Crippen MR) is 127 cm³/mol. The Morgan fingerprint density at radius 2 is 1.77 bits per heavy atom. The molecular formula is C27H38N2O2. The van der Waals surface area contributed by atoms with Gasteiger partial charge in [0.1, 0.15) is 5.75 Å². The molecule has 3 rings (SSSR count). The molecule has 31 heavy (non-hydrogen) atoms. The Hall–Kier alpha value is -2.33. The Morgan fingerprint density at radius 1 is 1.06 bits per heavy atom. The number of phenolic OH excluding ortho intramolecular Hbond substituents is 1. The highest BCUT2D eigenvalue weighted by Gasteiger charge is 2.33. The molecule has 0 aromatic heterocycles. The monoisotopic (exact) mass is 422 g/mol. The van der Waals surface area contributed by atoms with Crippen LogP contribution in [-0.4, -0.2) is 23.6 Å². The average molecular weight is 423 g/mol. The van der Waals surface area contributed by atoms with Gasteiger partial charge < -0.3 is 15.7 Å². The zero-order valence-corrected chi connectivity index (χ0v) is 19.3. The van der Waals surface area contributed by atoms with E-state index in [0.717, 1.165) is 37.8 Å². The van der Waals surface area contributed by atoms with Crippen molar-refractivity contribution < 1.29 is 9.90 Å². The topological polar surface area (TPSA) is 61.4 Å². The maximum Gasteiger partial charge on any atom is 0.217 e. The molecular weight excluding hydrogens is 384 g/mol. The Balaban J connectivity index is 1.70. The first-order chi connectivity index (χ1) is 14.9. The molecule has 0 radical (unpaired) electrons. The van der Waals surface area contributed by atoms with Gasteiger partial charge in [-0.05, 0) is 67.0 Å². The van der Waals surface area contributed by atoms with Crippen molar-refractivity contribution in [3.63, 3.8) is 0 Å². The minimum absolute atomic E-state index is 0.000734. The summed E-state index contributed by atoms with van der Waals surface area (Å²) in [6, 6.07) is 16.4. The molecule has 0 bridgehead atoms. The van der Waals surface area contributed by atoms with E-state index in [-0.39, 0.29) is 23.2 Å². The fraction of sp³-hybridized carbons (Fsp3) is 0.519. The lowest BCUT2D eigenvalue weighted by Crippen LogP contribution is -2.46. The summed E-state index contributed by atoms with van der Waals surface area (Å²) in [5, 5.41) is 16.6. The van der Waals surface area contributed by atoms with Gasteiger partial charge >= 0.3 is 0 Å². The molecule has 3 N–H and O–H groups in total. The molecule has 0 heterocycles. The van der Waals surface area contributed by atoms with Crippen molar-refractivity contribution in [2.45, 2.75) is 83.2 Å². The number of aromatic hydroxyl groups is 1. The molecule has 168 valence electrons. The lowest BCUT2D eigenvalue weighted by Gasteiger charge is -2.40. The lowest BCUT2D eigenvalue weighted by atomic mass is 9.75. The van der Waals surface area contributed by atoms with Crippen LogP contribution in [0, 0.1) is 0 Å². The van der Waals surface area contributed by atoms with Crippen molar-refractivity contribution in [3.05, 3.63) is 65.2 Å². The first kappa shape index (κ1) is 23.3. The summed E-state index contributed by atoms with van der Waals surface area (Å²) in [5.74, 6) is 0.792. The van der Waals surface area contributed by atoms with Crippen LogP contribution in [-0.2, 0) is 16.8 Å².